The van der Waals surface area contributed by atoms with Crippen molar-refractivity contribution in [2.45, 2.75) is 56.8 Å². The predicted molar refractivity (Wildman–Crippen MR) is 73.5 cm³/mol. The number of thioether (sulfide) groups is 1. The molecule has 1 aliphatic rings. The summed E-state index contributed by atoms with van der Waals surface area (Å²) >= 11 is 2.04. The van der Waals surface area contributed by atoms with Crippen molar-refractivity contribution in [2.75, 3.05) is 5.75 Å². The van der Waals surface area contributed by atoms with Crippen LogP contribution >= 0.6 is 11.8 Å². The van der Waals surface area contributed by atoms with E-state index in [1.807, 2.05) is 11.8 Å². The largest absolute Gasteiger partial charge is 0.126 e. The van der Waals surface area contributed by atoms with Gasteiger partial charge in [0.25, 0.3) is 0 Å². The lowest BCUT2D eigenvalue weighted by Crippen LogP contribution is -2.25. The zero-order valence-corrected chi connectivity index (χ0v) is 11.9. The van der Waals surface area contributed by atoms with E-state index in [0.717, 1.165) is 0 Å². The summed E-state index contributed by atoms with van der Waals surface area (Å²) in [7, 11) is 0. The van der Waals surface area contributed by atoms with E-state index in [4.69, 9.17) is 0 Å². The third-order valence-corrected chi connectivity index (χ3v) is 4.66. The molecule has 0 amide bonds. The smallest absolute Gasteiger partial charge is 0.0147 e. The Morgan fingerprint density at radius 3 is 2.50 bits per heavy atom. The van der Waals surface area contributed by atoms with Crippen LogP contribution in [0.15, 0.2) is 23.1 Å². The highest BCUT2D eigenvalue weighted by Crippen LogP contribution is 2.45. The van der Waals surface area contributed by atoms with Gasteiger partial charge in [0.05, 0.1) is 0 Å². The summed E-state index contributed by atoms with van der Waals surface area (Å²) < 4.78 is 0. The van der Waals surface area contributed by atoms with Crippen LogP contribution < -0.4 is 0 Å². The van der Waals surface area contributed by atoms with E-state index < -0.39 is 0 Å². The first-order valence-electron chi connectivity index (χ1n) is 6.09. The zero-order chi connectivity index (χ0) is 12.0. The summed E-state index contributed by atoms with van der Waals surface area (Å²) in [6.07, 6.45) is 1.29. The Labute approximate surface area is 104 Å². The first kappa shape index (κ1) is 12.0. The third kappa shape index (κ3) is 2.02. The highest BCUT2D eigenvalue weighted by atomic mass is 32.2. The second kappa shape index (κ2) is 3.80. The molecule has 0 radical (unpaired) electrons. The molecule has 0 spiro atoms. The molecule has 1 aliphatic heterocycles. The number of hydrogen-bond donors (Lipinski definition) is 0. The second-order valence-corrected chi connectivity index (χ2v) is 7.52. The highest BCUT2D eigenvalue weighted by molar-refractivity contribution is 7.99. The Morgan fingerprint density at radius 2 is 1.88 bits per heavy atom. The Morgan fingerprint density at radius 1 is 1.19 bits per heavy atom. The summed E-state index contributed by atoms with van der Waals surface area (Å²) in [5.41, 5.74) is 3.67. The zero-order valence-electron chi connectivity index (χ0n) is 11.1. The topological polar surface area (TPSA) is 0 Å². The summed E-state index contributed by atoms with van der Waals surface area (Å²) in [6.45, 7) is 11.7. The molecule has 0 N–H and O–H groups in total. The van der Waals surface area contributed by atoms with E-state index in [9.17, 15) is 0 Å². The van der Waals surface area contributed by atoms with Crippen molar-refractivity contribution in [1.82, 2.24) is 0 Å². The Kier molecular flexibility index (Phi) is 2.86. The van der Waals surface area contributed by atoms with Gasteiger partial charge in [-0.05, 0) is 34.1 Å². The maximum atomic E-state index is 2.37. The lowest BCUT2D eigenvalue weighted by Gasteiger charge is -2.35. The molecule has 0 fully saturated rings. The fourth-order valence-electron chi connectivity index (χ4n) is 2.36. The van der Waals surface area contributed by atoms with E-state index >= 15 is 0 Å². The van der Waals surface area contributed by atoms with Crippen LogP contribution in [0.4, 0.5) is 0 Å². The molecule has 1 aromatic rings. The van der Waals surface area contributed by atoms with Crippen LogP contribution in [0.3, 0.4) is 0 Å². The van der Waals surface area contributed by atoms with Crippen LogP contribution in [-0.2, 0) is 10.8 Å². The van der Waals surface area contributed by atoms with Gasteiger partial charge in [0.1, 0.15) is 0 Å². The maximum absolute atomic E-state index is 2.37. The van der Waals surface area contributed by atoms with Gasteiger partial charge >= 0.3 is 0 Å². The van der Waals surface area contributed by atoms with Crippen molar-refractivity contribution < 1.29 is 0 Å². The van der Waals surface area contributed by atoms with E-state index in [1.165, 1.54) is 17.7 Å². The summed E-state index contributed by atoms with van der Waals surface area (Å²) in [4.78, 5) is 1.55. The van der Waals surface area contributed by atoms with E-state index in [0.29, 0.717) is 5.41 Å². The Hall–Kier alpha value is -0.430. The molecule has 0 saturated carbocycles. The molecule has 1 aromatic carbocycles. The van der Waals surface area contributed by atoms with Crippen LogP contribution in [-0.4, -0.2) is 5.75 Å². The molecule has 0 bridgehead atoms. The predicted octanol–water partition coefficient (Wildman–Crippen LogP) is 4.76. The molecular formula is C15H22S. The molecule has 88 valence electrons. The van der Waals surface area contributed by atoms with E-state index in [1.54, 1.807) is 10.5 Å². The fraction of sp³-hybridized carbons (Fsp3) is 0.600. The van der Waals surface area contributed by atoms with Crippen LogP contribution in [0.25, 0.3) is 0 Å². The van der Waals surface area contributed by atoms with Crippen molar-refractivity contribution in [3.05, 3.63) is 29.3 Å². The molecule has 16 heavy (non-hydrogen) atoms. The third-order valence-electron chi connectivity index (χ3n) is 3.53. The number of fused-ring (bicyclic) bond motifs is 1. The first-order chi connectivity index (χ1) is 7.32. The maximum Gasteiger partial charge on any atom is 0.0147 e. The van der Waals surface area contributed by atoms with Crippen molar-refractivity contribution in [3.8, 4) is 0 Å². The van der Waals surface area contributed by atoms with Crippen molar-refractivity contribution in [1.29, 1.82) is 0 Å². The summed E-state index contributed by atoms with van der Waals surface area (Å²) in [6, 6.07) is 6.84. The average Bonchev–Trinajstić information content (AvgIpc) is 2.15. The van der Waals surface area contributed by atoms with Gasteiger partial charge < -0.3 is 0 Å². The highest BCUT2D eigenvalue weighted by Gasteiger charge is 2.31. The second-order valence-electron chi connectivity index (χ2n) is 6.41. The molecule has 1 heterocycles. The van der Waals surface area contributed by atoms with Crippen molar-refractivity contribution >= 4 is 11.8 Å². The lowest BCUT2D eigenvalue weighted by molar-refractivity contribution is 0.484. The first-order valence-corrected chi connectivity index (χ1v) is 7.08. The van der Waals surface area contributed by atoms with Crippen LogP contribution in [0, 0.1) is 0 Å². The monoisotopic (exact) mass is 234 g/mol. The van der Waals surface area contributed by atoms with Gasteiger partial charge in [0, 0.05) is 4.90 Å². The number of hydrogen-bond acceptors (Lipinski definition) is 1. The Balaban J connectivity index is 2.61. The molecule has 0 unspecified atom stereocenters. The summed E-state index contributed by atoms with van der Waals surface area (Å²) in [5, 5.41) is 0. The molecule has 2 rings (SSSR count). The normalized spacial score (nSPS) is 19.3. The minimum absolute atomic E-state index is 0.256. The molecule has 1 heteroatoms. The minimum atomic E-state index is 0.256. The Bertz CT molecular complexity index is 382. The molecule has 0 aliphatic carbocycles. The van der Waals surface area contributed by atoms with Gasteiger partial charge in [0.2, 0.25) is 0 Å². The summed E-state index contributed by atoms with van der Waals surface area (Å²) in [5.74, 6) is 1.26. The number of rotatable bonds is 0. The molecule has 0 saturated heterocycles. The van der Waals surface area contributed by atoms with Gasteiger partial charge in [0.15, 0.2) is 0 Å². The van der Waals surface area contributed by atoms with Gasteiger partial charge in [-0.3, -0.25) is 0 Å². The SMILES string of the molecule is CC(C)(C)c1cccc2c1SCCC2(C)C. The van der Waals surface area contributed by atoms with Gasteiger partial charge in [-0.25, -0.2) is 0 Å². The van der Waals surface area contributed by atoms with Crippen molar-refractivity contribution in [2.24, 2.45) is 0 Å². The van der Waals surface area contributed by atoms with Gasteiger partial charge in [-0.15, -0.1) is 11.8 Å². The van der Waals surface area contributed by atoms with E-state index in [2.05, 4.69) is 52.8 Å². The quantitative estimate of drug-likeness (QED) is 0.624. The van der Waals surface area contributed by atoms with Crippen LogP contribution in [0.1, 0.15) is 52.2 Å². The average molecular weight is 234 g/mol. The molecule has 0 atom stereocenters. The molecule has 0 nitrogen and oxygen atoms in total. The van der Waals surface area contributed by atoms with Gasteiger partial charge in [-0.1, -0.05) is 52.8 Å². The standard InChI is InChI=1S/C15H22S/c1-14(2,3)11-7-6-8-12-13(11)16-10-9-15(12,4)5/h6-8H,9-10H2,1-5H3. The van der Waals surface area contributed by atoms with Gasteiger partial charge in [-0.2, -0.15) is 0 Å². The molecular weight excluding hydrogens is 212 g/mol. The van der Waals surface area contributed by atoms with E-state index in [-0.39, 0.29) is 5.41 Å². The van der Waals surface area contributed by atoms with Crippen molar-refractivity contribution in [3.63, 3.8) is 0 Å². The number of benzene rings is 1. The fourth-order valence-corrected chi connectivity index (χ4v) is 4.21. The van der Waals surface area contributed by atoms with Crippen LogP contribution in [0.2, 0.25) is 0 Å². The van der Waals surface area contributed by atoms with Crippen LogP contribution in [0.5, 0.6) is 0 Å². The lowest BCUT2D eigenvalue weighted by atomic mass is 9.78. The minimum Gasteiger partial charge on any atom is -0.126 e. The molecule has 0 aromatic heterocycles.